The Morgan fingerprint density at radius 1 is 0.788 bits per heavy atom. The molecular formula is C25H24N8. The molecule has 8 heteroatoms. The van der Waals surface area contributed by atoms with Crippen LogP contribution in [0.4, 0.5) is 0 Å². The van der Waals surface area contributed by atoms with Crippen molar-refractivity contribution in [1.29, 1.82) is 0 Å². The number of hydrogen-bond donors (Lipinski definition) is 4. The third-order valence-corrected chi connectivity index (χ3v) is 6.09. The summed E-state index contributed by atoms with van der Waals surface area (Å²) in [6.45, 7) is 2.22. The maximum absolute atomic E-state index is 4.81. The molecule has 4 N–H and O–H groups in total. The van der Waals surface area contributed by atoms with Gasteiger partial charge in [0.25, 0.3) is 0 Å². The van der Waals surface area contributed by atoms with Gasteiger partial charge in [-0.1, -0.05) is 6.92 Å². The minimum absolute atomic E-state index is 0.333. The number of hydrogen-bond acceptors (Lipinski definition) is 4. The molecule has 0 bridgehead atoms. The lowest BCUT2D eigenvalue weighted by Crippen LogP contribution is -1.98. The average Bonchev–Trinajstić information content (AvgIpc) is 3.63. The number of rotatable bonds is 7. The molecule has 4 heterocycles. The number of H-pyrrole nitrogens is 4. The van der Waals surface area contributed by atoms with Gasteiger partial charge in [-0.25, -0.2) is 19.9 Å². The van der Waals surface area contributed by atoms with Gasteiger partial charge in [0.15, 0.2) is 0 Å². The Hall–Kier alpha value is -4.20. The molecule has 8 nitrogen and oxygen atoms in total. The van der Waals surface area contributed by atoms with Gasteiger partial charge in [-0.3, -0.25) is 0 Å². The van der Waals surface area contributed by atoms with E-state index in [1.807, 2.05) is 30.6 Å². The summed E-state index contributed by atoms with van der Waals surface area (Å²) < 4.78 is 0. The number of fused-ring (bicyclic) bond motifs is 2. The third kappa shape index (κ3) is 3.80. The molecule has 164 valence electrons. The number of imidazole rings is 4. The van der Waals surface area contributed by atoms with Gasteiger partial charge in [-0.2, -0.15) is 0 Å². The molecule has 0 amide bonds. The Balaban J connectivity index is 1.12. The summed E-state index contributed by atoms with van der Waals surface area (Å²) in [5.41, 5.74) is 6.15. The zero-order chi connectivity index (χ0) is 22.2. The van der Waals surface area contributed by atoms with Crippen LogP contribution in [0.15, 0.2) is 61.2 Å². The van der Waals surface area contributed by atoms with Gasteiger partial charge in [0.05, 0.1) is 22.1 Å². The molecule has 6 aromatic rings. The van der Waals surface area contributed by atoms with Gasteiger partial charge >= 0.3 is 0 Å². The summed E-state index contributed by atoms with van der Waals surface area (Å²) in [6, 6.07) is 12.4. The topological polar surface area (TPSA) is 115 Å². The van der Waals surface area contributed by atoms with E-state index in [0.717, 1.165) is 75.8 Å². The first-order valence-corrected chi connectivity index (χ1v) is 11.2. The molecule has 4 aromatic heterocycles. The van der Waals surface area contributed by atoms with Crippen LogP contribution in [-0.4, -0.2) is 39.9 Å². The molecule has 0 saturated heterocycles. The van der Waals surface area contributed by atoms with Crippen molar-refractivity contribution in [3.05, 3.63) is 72.8 Å². The lowest BCUT2D eigenvalue weighted by Gasteiger charge is -2.07. The largest absolute Gasteiger partial charge is 0.345 e. The van der Waals surface area contributed by atoms with Gasteiger partial charge in [0.2, 0.25) is 0 Å². The highest BCUT2D eigenvalue weighted by atomic mass is 14.9. The van der Waals surface area contributed by atoms with Crippen molar-refractivity contribution >= 4 is 22.1 Å². The van der Waals surface area contributed by atoms with Crippen molar-refractivity contribution in [2.75, 3.05) is 0 Å². The van der Waals surface area contributed by atoms with E-state index in [9.17, 15) is 0 Å². The SMILES string of the molecule is CC(CCCc1nc2ccc(-c3ncc[nH]3)cc2[nH]1)c1nc2ccc(-c3ncc[nH]3)cc2[nH]1. The summed E-state index contributed by atoms with van der Waals surface area (Å²) in [5, 5.41) is 0. The summed E-state index contributed by atoms with van der Waals surface area (Å²) in [4.78, 5) is 31.5. The van der Waals surface area contributed by atoms with Crippen LogP contribution < -0.4 is 0 Å². The number of nitrogens with one attached hydrogen (secondary N) is 4. The number of nitrogens with zero attached hydrogens (tertiary/aromatic N) is 4. The minimum atomic E-state index is 0.333. The van der Waals surface area contributed by atoms with E-state index in [4.69, 9.17) is 9.97 Å². The number of aromatic amines is 4. The van der Waals surface area contributed by atoms with Crippen LogP contribution in [0.25, 0.3) is 44.8 Å². The van der Waals surface area contributed by atoms with Crippen molar-refractivity contribution in [3.63, 3.8) is 0 Å². The summed E-state index contributed by atoms with van der Waals surface area (Å²) in [5.74, 6) is 4.10. The fraction of sp³-hybridized carbons (Fsp3) is 0.200. The molecule has 0 spiro atoms. The van der Waals surface area contributed by atoms with Gasteiger partial charge in [-0.15, -0.1) is 0 Å². The molecule has 33 heavy (non-hydrogen) atoms. The maximum atomic E-state index is 4.81. The second kappa shape index (κ2) is 8.05. The number of aryl methyl sites for hydroxylation is 1. The molecule has 1 unspecified atom stereocenters. The second-order valence-electron chi connectivity index (χ2n) is 8.44. The predicted octanol–water partition coefficient (Wildman–Crippen LogP) is 5.35. The molecule has 1 atom stereocenters. The van der Waals surface area contributed by atoms with Crippen LogP contribution in [0.5, 0.6) is 0 Å². The number of benzene rings is 2. The van der Waals surface area contributed by atoms with Crippen molar-refractivity contribution in [1.82, 2.24) is 39.9 Å². The zero-order valence-electron chi connectivity index (χ0n) is 18.3. The normalized spacial score (nSPS) is 12.6. The van der Waals surface area contributed by atoms with E-state index in [2.05, 4.69) is 55.0 Å². The smallest absolute Gasteiger partial charge is 0.137 e. The van der Waals surface area contributed by atoms with Crippen molar-refractivity contribution < 1.29 is 0 Å². The highest BCUT2D eigenvalue weighted by molar-refractivity contribution is 5.81. The molecule has 0 saturated carbocycles. The van der Waals surface area contributed by atoms with Crippen molar-refractivity contribution in [3.8, 4) is 22.8 Å². The van der Waals surface area contributed by atoms with Crippen LogP contribution in [-0.2, 0) is 6.42 Å². The highest BCUT2D eigenvalue weighted by Gasteiger charge is 2.13. The van der Waals surface area contributed by atoms with Crippen molar-refractivity contribution in [2.45, 2.75) is 32.1 Å². The molecule has 2 aromatic carbocycles. The lowest BCUT2D eigenvalue weighted by molar-refractivity contribution is 0.603. The average molecular weight is 437 g/mol. The third-order valence-electron chi connectivity index (χ3n) is 6.09. The van der Waals surface area contributed by atoms with Crippen LogP contribution in [0.3, 0.4) is 0 Å². The Morgan fingerprint density at radius 3 is 2.06 bits per heavy atom. The fourth-order valence-corrected chi connectivity index (χ4v) is 4.30. The van der Waals surface area contributed by atoms with Gasteiger partial charge in [0.1, 0.15) is 23.3 Å². The summed E-state index contributed by atoms with van der Waals surface area (Å²) in [6.07, 6.45) is 10.1. The van der Waals surface area contributed by atoms with E-state index >= 15 is 0 Å². The Morgan fingerprint density at radius 2 is 1.42 bits per heavy atom. The quantitative estimate of drug-likeness (QED) is 0.270. The van der Waals surface area contributed by atoms with E-state index in [0.29, 0.717) is 5.92 Å². The maximum Gasteiger partial charge on any atom is 0.137 e. The standard InChI is InChI=1S/C25H24N8/c1-15(23-32-19-8-6-17(14-21(19)33-23)25-28-11-12-29-25)3-2-4-22-30-18-7-5-16(13-20(18)31-22)24-26-9-10-27-24/h5-15H,2-4H2,1H3,(H,26,27)(H,28,29)(H,30,31)(H,32,33). The highest BCUT2D eigenvalue weighted by Crippen LogP contribution is 2.26. The molecular weight excluding hydrogens is 412 g/mol. The predicted molar refractivity (Wildman–Crippen MR) is 129 cm³/mol. The molecule has 0 aliphatic rings. The van der Waals surface area contributed by atoms with Crippen LogP contribution >= 0.6 is 0 Å². The first kappa shape index (κ1) is 19.5. The van der Waals surface area contributed by atoms with E-state index in [1.165, 1.54) is 0 Å². The minimum Gasteiger partial charge on any atom is -0.345 e. The molecule has 0 fully saturated rings. The second-order valence-corrected chi connectivity index (χ2v) is 8.44. The molecule has 0 radical (unpaired) electrons. The fourth-order valence-electron chi connectivity index (χ4n) is 4.30. The molecule has 6 rings (SSSR count). The zero-order valence-corrected chi connectivity index (χ0v) is 18.3. The monoisotopic (exact) mass is 436 g/mol. The number of aromatic nitrogens is 8. The summed E-state index contributed by atoms with van der Waals surface area (Å²) >= 11 is 0. The van der Waals surface area contributed by atoms with Crippen LogP contribution in [0.2, 0.25) is 0 Å². The van der Waals surface area contributed by atoms with E-state index < -0.39 is 0 Å². The van der Waals surface area contributed by atoms with Crippen LogP contribution in [0, 0.1) is 0 Å². The van der Waals surface area contributed by atoms with Gasteiger partial charge < -0.3 is 19.9 Å². The first-order chi connectivity index (χ1) is 16.2. The lowest BCUT2D eigenvalue weighted by atomic mass is 10.0. The molecule has 0 aliphatic carbocycles. The Kier molecular flexibility index (Phi) is 4.75. The van der Waals surface area contributed by atoms with Gasteiger partial charge in [0, 0.05) is 48.3 Å². The Bertz CT molecular complexity index is 1510. The van der Waals surface area contributed by atoms with Crippen molar-refractivity contribution in [2.24, 2.45) is 0 Å². The van der Waals surface area contributed by atoms with Crippen LogP contribution in [0.1, 0.15) is 37.3 Å². The van der Waals surface area contributed by atoms with Gasteiger partial charge in [-0.05, 0) is 49.2 Å². The first-order valence-electron chi connectivity index (χ1n) is 11.2. The van der Waals surface area contributed by atoms with E-state index in [1.54, 1.807) is 12.4 Å². The summed E-state index contributed by atoms with van der Waals surface area (Å²) in [7, 11) is 0. The van der Waals surface area contributed by atoms with E-state index in [-0.39, 0.29) is 0 Å². The Labute approximate surface area is 190 Å². The molecule has 0 aliphatic heterocycles.